The number of carbonyl (C=O) groups is 1. The van der Waals surface area contributed by atoms with Gasteiger partial charge in [0.15, 0.2) is 0 Å². The van der Waals surface area contributed by atoms with Gasteiger partial charge in [0.25, 0.3) is 0 Å². The minimum absolute atomic E-state index is 0.280. The number of aromatic nitrogens is 2. The van der Waals surface area contributed by atoms with Gasteiger partial charge in [-0.1, -0.05) is 13.3 Å². The molecule has 0 saturated heterocycles. The van der Waals surface area contributed by atoms with Crippen molar-refractivity contribution in [3.8, 4) is 0 Å². The molecule has 1 N–H and O–H groups in total. The first-order valence-electron chi connectivity index (χ1n) is 6.15. The second-order valence-electron chi connectivity index (χ2n) is 4.56. The van der Waals surface area contributed by atoms with Crippen molar-refractivity contribution >= 4 is 33.3 Å². The molecule has 0 aliphatic heterocycles. The zero-order chi connectivity index (χ0) is 13.9. The fraction of sp³-hybridized carbons (Fsp3) is 0.462. The molecule has 102 valence electrons. The minimum Gasteiger partial charge on any atom is -0.467 e. The lowest BCUT2D eigenvalue weighted by molar-refractivity contribution is -0.145. The van der Waals surface area contributed by atoms with E-state index in [0.717, 1.165) is 16.6 Å². The van der Waals surface area contributed by atoms with Crippen molar-refractivity contribution in [2.24, 2.45) is 0 Å². The van der Waals surface area contributed by atoms with E-state index in [-0.39, 0.29) is 5.97 Å². The van der Waals surface area contributed by atoms with Crippen molar-refractivity contribution in [1.29, 1.82) is 0 Å². The Morgan fingerprint density at radius 2 is 2.32 bits per heavy atom. The van der Waals surface area contributed by atoms with E-state index in [0.29, 0.717) is 12.2 Å². The smallest absolute Gasteiger partial charge is 0.331 e. The third kappa shape index (κ3) is 2.68. The van der Waals surface area contributed by atoms with Gasteiger partial charge in [-0.05, 0) is 24.8 Å². The molecule has 0 bridgehead atoms. The molecule has 1 atom stereocenters. The third-order valence-corrected chi connectivity index (χ3v) is 3.93. The number of hydrogen-bond acceptors (Lipinski definition) is 6. The number of fused-ring (bicyclic) bond motifs is 1. The van der Waals surface area contributed by atoms with Crippen molar-refractivity contribution in [3.05, 3.63) is 17.8 Å². The third-order valence-electron chi connectivity index (χ3n) is 3.02. The normalized spacial score (nSPS) is 14.1. The first-order valence-corrected chi connectivity index (χ1v) is 7.03. The average Bonchev–Trinajstić information content (AvgIpc) is 2.87. The van der Waals surface area contributed by atoms with Gasteiger partial charge < -0.3 is 10.1 Å². The van der Waals surface area contributed by atoms with Gasteiger partial charge in [0.1, 0.15) is 17.7 Å². The Morgan fingerprint density at radius 1 is 1.53 bits per heavy atom. The van der Waals surface area contributed by atoms with Crippen LogP contribution in [0.3, 0.4) is 0 Å². The molecule has 1 unspecified atom stereocenters. The predicted octanol–water partition coefficient (Wildman–Crippen LogP) is 2.84. The van der Waals surface area contributed by atoms with Crippen molar-refractivity contribution in [1.82, 2.24) is 9.97 Å². The standard InChI is InChI=1S/C13H17N3O2S/c1-4-6-13(2,12(17)18-3)16-11-10-9(5-7-19-10)14-8-15-11/h5,7-8H,4,6H2,1-3H3,(H,14,15,16). The molecule has 0 aromatic carbocycles. The average molecular weight is 279 g/mol. The van der Waals surface area contributed by atoms with Crippen molar-refractivity contribution < 1.29 is 9.53 Å². The maximum atomic E-state index is 12.0. The van der Waals surface area contributed by atoms with Gasteiger partial charge in [0.05, 0.1) is 17.3 Å². The van der Waals surface area contributed by atoms with Gasteiger partial charge in [0, 0.05) is 0 Å². The first-order chi connectivity index (χ1) is 9.10. The number of anilines is 1. The van der Waals surface area contributed by atoms with Crippen molar-refractivity contribution in [3.63, 3.8) is 0 Å². The highest BCUT2D eigenvalue weighted by molar-refractivity contribution is 7.17. The summed E-state index contributed by atoms with van der Waals surface area (Å²) in [6.45, 7) is 3.87. The van der Waals surface area contributed by atoms with Crippen LogP contribution in [0.25, 0.3) is 10.2 Å². The Kier molecular flexibility index (Phi) is 3.99. The highest BCUT2D eigenvalue weighted by atomic mass is 32.1. The largest absolute Gasteiger partial charge is 0.467 e. The molecule has 0 aliphatic rings. The molecule has 0 aliphatic carbocycles. The molecule has 0 saturated carbocycles. The van der Waals surface area contributed by atoms with Crippen molar-refractivity contribution in [2.75, 3.05) is 12.4 Å². The Labute approximate surface area is 116 Å². The number of thiophene rings is 1. The first kappa shape index (κ1) is 13.7. The van der Waals surface area contributed by atoms with E-state index < -0.39 is 5.54 Å². The van der Waals surface area contributed by atoms with E-state index in [1.165, 1.54) is 13.4 Å². The van der Waals surface area contributed by atoms with Gasteiger partial charge in [-0.25, -0.2) is 14.8 Å². The van der Waals surface area contributed by atoms with Crippen LogP contribution in [-0.4, -0.2) is 28.6 Å². The molecule has 0 radical (unpaired) electrons. The summed E-state index contributed by atoms with van der Waals surface area (Å²) >= 11 is 1.55. The number of methoxy groups -OCH3 is 1. The lowest BCUT2D eigenvalue weighted by Gasteiger charge is -2.28. The summed E-state index contributed by atoms with van der Waals surface area (Å²) < 4.78 is 5.84. The van der Waals surface area contributed by atoms with Crippen LogP contribution in [0.1, 0.15) is 26.7 Å². The molecule has 5 nitrogen and oxygen atoms in total. The quantitative estimate of drug-likeness (QED) is 0.853. The molecule has 6 heteroatoms. The predicted molar refractivity (Wildman–Crippen MR) is 76.4 cm³/mol. The molecule has 2 rings (SSSR count). The van der Waals surface area contributed by atoms with Gasteiger partial charge >= 0.3 is 5.97 Å². The Balaban J connectivity index is 2.36. The monoisotopic (exact) mass is 279 g/mol. The highest BCUT2D eigenvalue weighted by Gasteiger charge is 2.34. The lowest BCUT2D eigenvalue weighted by atomic mass is 9.96. The van der Waals surface area contributed by atoms with Crippen LogP contribution in [0.2, 0.25) is 0 Å². The van der Waals surface area contributed by atoms with Gasteiger partial charge in [-0.2, -0.15) is 0 Å². The van der Waals surface area contributed by atoms with Crippen LogP contribution in [0, 0.1) is 0 Å². The summed E-state index contributed by atoms with van der Waals surface area (Å²) in [5.74, 6) is 0.402. The Morgan fingerprint density at radius 3 is 3.00 bits per heavy atom. The maximum Gasteiger partial charge on any atom is 0.331 e. The van der Waals surface area contributed by atoms with Crippen LogP contribution < -0.4 is 5.32 Å². The zero-order valence-electron chi connectivity index (χ0n) is 11.3. The number of carbonyl (C=O) groups excluding carboxylic acids is 1. The van der Waals surface area contributed by atoms with Gasteiger partial charge in [-0.3, -0.25) is 0 Å². The number of nitrogens with zero attached hydrogens (tertiary/aromatic N) is 2. The molecule has 2 heterocycles. The summed E-state index contributed by atoms with van der Waals surface area (Å²) in [6.07, 6.45) is 3.05. The molecular weight excluding hydrogens is 262 g/mol. The zero-order valence-corrected chi connectivity index (χ0v) is 12.1. The molecule has 0 amide bonds. The maximum absolute atomic E-state index is 12.0. The number of rotatable bonds is 5. The van der Waals surface area contributed by atoms with Crippen LogP contribution in [-0.2, 0) is 9.53 Å². The van der Waals surface area contributed by atoms with Gasteiger partial charge in [0.2, 0.25) is 0 Å². The van der Waals surface area contributed by atoms with Crippen LogP contribution in [0.15, 0.2) is 17.8 Å². The van der Waals surface area contributed by atoms with Gasteiger partial charge in [-0.15, -0.1) is 11.3 Å². The lowest BCUT2D eigenvalue weighted by Crippen LogP contribution is -2.44. The van der Waals surface area contributed by atoms with E-state index in [1.54, 1.807) is 11.3 Å². The number of nitrogens with one attached hydrogen (secondary N) is 1. The topological polar surface area (TPSA) is 64.1 Å². The SMILES string of the molecule is CCCC(C)(Nc1ncnc2ccsc12)C(=O)OC. The summed E-state index contributed by atoms with van der Waals surface area (Å²) in [5.41, 5.74) is 0.112. The molecule has 19 heavy (non-hydrogen) atoms. The van der Waals surface area contributed by atoms with E-state index in [2.05, 4.69) is 15.3 Å². The second kappa shape index (κ2) is 5.52. The van der Waals surface area contributed by atoms with Crippen molar-refractivity contribution in [2.45, 2.75) is 32.2 Å². The Hall–Kier alpha value is -1.69. The molecular formula is C13H17N3O2S. The molecule has 2 aromatic rings. The summed E-state index contributed by atoms with van der Waals surface area (Å²) in [4.78, 5) is 20.4. The highest BCUT2D eigenvalue weighted by Crippen LogP contribution is 2.28. The van der Waals surface area contributed by atoms with E-state index in [9.17, 15) is 4.79 Å². The minimum atomic E-state index is -0.769. The molecule has 0 fully saturated rings. The van der Waals surface area contributed by atoms with Crippen LogP contribution >= 0.6 is 11.3 Å². The molecule has 0 spiro atoms. The Bertz CT molecular complexity index is 584. The fourth-order valence-corrected chi connectivity index (χ4v) is 2.87. The number of ether oxygens (including phenoxy) is 1. The summed E-state index contributed by atoms with van der Waals surface area (Å²) in [6, 6.07) is 1.93. The van der Waals surface area contributed by atoms with E-state index in [4.69, 9.17) is 4.74 Å². The van der Waals surface area contributed by atoms with Crippen LogP contribution in [0.5, 0.6) is 0 Å². The van der Waals surface area contributed by atoms with E-state index >= 15 is 0 Å². The second-order valence-corrected chi connectivity index (χ2v) is 5.47. The summed E-state index contributed by atoms with van der Waals surface area (Å²) in [7, 11) is 1.40. The fourth-order valence-electron chi connectivity index (χ4n) is 2.08. The number of esters is 1. The number of hydrogen-bond donors (Lipinski definition) is 1. The van der Waals surface area contributed by atoms with Crippen LogP contribution in [0.4, 0.5) is 5.82 Å². The summed E-state index contributed by atoms with van der Waals surface area (Å²) in [5, 5.41) is 5.18. The molecule has 2 aromatic heterocycles. The van der Waals surface area contributed by atoms with E-state index in [1.807, 2.05) is 25.3 Å².